The standard InChI is InChI=1S/C33H29F7N4O5/c1-16-11-19(44-9-10-49-15-25(44)33(38,39)40)14-23(34)26(16)29(45)42-24(31(47)48)13-18-6-7-21(28-20(18)5-4-8-41-28)27-22(32(35,36)37)12-17(2)43(3)30(27)46/h4-8,11-12,14,24-25H,9-10,13,15H2,1-3H3,(H,42,45)(H,47,48). The molecule has 1 saturated heterocycles. The molecule has 1 aliphatic rings. The van der Waals surface area contributed by atoms with Crippen LogP contribution in [0.25, 0.3) is 22.0 Å². The van der Waals surface area contributed by atoms with Gasteiger partial charge in [-0.3, -0.25) is 14.6 Å². The zero-order chi connectivity index (χ0) is 36.0. The lowest BCUT2D eigenvalue weighted by Gasteiger charge is -2.38. The van der Waals surface area contributed by atoms with Gasteiger partial charge in [-0.15, -0.1) is 0 Å². The molecule has 2 aromatic carbocycles. The molecule has 5 rings (SSSR count). The van der Waals surface area contributed by atoms with Crippen molar-refractivity contribution in [2.75, 3.05) is 24.7 Å². The van der Waals surface area contributed by atoms with Gasteiger partial charge in [0, 0.05) is 48.5 Å². The third kappa shape index (κ3) is 6.95. The molecule has 2 atom stereocenters. The summed E-state index contributed by atoms with van der Waals surface area (Å²) in [5.41, 5.74) is -3.38. The van der Waals surface area contributed by atoms with E-state index in [2.05, 4.69) is 10.3 Å². The zero-order valence-corrected chi connectivity index (χ0v) is 26.2. The quantitative estimate of drug-likeness (QED) is 0.244. The highest BCUT2D eigenvalue weighted by Gasteiger charge is 2.46. The van der Waals surface area contributed by atoms with Gasteiger partial charge in [0.1, 0.15) is 17.9 Å². The Kier molecular flexibility index (Phi) is 9.47. The summed E-state index contributed by atoms with van der Waals surface area (Å²) in [6.45, 7) is 1.76. The van der Waals surface area contributed by atoms with E-state index in [4.69, 9.17) is 4.74 Å². The van der Waals surface area contributed by atoms with Crippen molar-refractivity contribution in [1.29, 1.82) is 0 Å². The van der Waals surface area contributed by atoms with Gasteiger partial charge in [0.05, 0.1) is 35.4 Å². The highest BCUT2D eigenvalue weighted by atomic mass is 19.4. The van der Waals surface area contributed by atoms with E-state index in [1.807, 2.05) is 0 Å². The van der Waals surface area contributed by atoms with Crippen molar-refractivity contribution in [2.24, 2.45) is 7.05 Å². The first-order valence-electron chi connectivity index (χ1n) is 14.8. The van der Waals surface area contributed by atoms with Crippen LogP contribution in [0, 0.1) is 19.7 Å². The molecule has 1 aliphatic heterocycles. The lowest BCUT2D eigenvalue weighted by molar-refractivity contribution is -0.167. The minimum Gasteiger partial charge on any atom is -0.480 e. The summed E-state index contributed by atoms with van der Waals surface area (Å²) >= 11 is 0. The van der Waals surface area contributed by atoms with E-state index in [0.29, 0.717) is 0 Å². The number of carboxylic acid groups (broad SMARTS) is 1. The monoisotopic (exact) mass is 694 g/mol. The molecule has 16 heteroatoms. The Morgan fingerprint density at radius 2 is 1.82 bits per heavy atom. The van der Waals surface area contributed by atoms with Crippen LogP contribution >= 0.6 is 0 Å². The van der Waals surface area contributed by atoms with Gasteiger partial charge in [-0.1, -0.05) is 18.2 Å². The van der Waals surface area contributed by atoms with E-state index in [1.165, 1.54) is 57.4 Å². The predicted octanol–water partition coefficient (Wildman–Crippen LogP) is 5.57. The smallest absolute Gasteiger partial charge is 0.417 e. The minimum atomic E-state index is -4.89. The van der Waals surface area contributed by atoms with Crippen LogP contribution in [0.15, 0.2) is 53.5 Å². The van der Waals surface area contributed by atoms with Gasteiger partial charge < -0.3 is 24.6 Å². The van der Waals surface area contributed by atoms with E-state index >= 15 is 4.39 Å². The van der Waals surface area contributed by atoms with Crippen molar-refractivity contribution >= 4 is 28.5 Å². The molecule has 0 spiro atoms. The second-order valence-corrected chi connectivity index (χ2v) is 11.6. The normalized spacial score (nSPS) is 16.1. The van der Waals surface area contributed by atoms with E-state index in [-0.39, 0.29) is 52.1 Å². The number of rotatable bonds is 7. The van der Waals surface area contributed by atoms with Gasteiger partial charge in [-0.2, -0.15) is 26.3 Å². The molecule has 2 N–H and O–H groups in total. The molecular formula is C33H29F7N4O5. The summed E-state index contributed by atoms with van der Waals surface area (Å²) in [6.07, 6.45) is -8.70. The fourth-order valence-electron chi connectivity index (χ4n) is 5.93. The van der Waals surface area contributed by atoms with Crippen LogP contribution in [0.2, 0.25) is 0 Å². The van der Waals surface area contributed by atoms with Crippen molar-refractivity contribution in [3.63, 3.8) is 0 Å². The van der Waals surface area contributed by atoms with Gasteiger partial charge in [0.15, 0.2) is 0 Å². The number of benzene rings is 2. The highest BCUT2D eigenvalue weighted by molar-refractivity contribution is 5.99. The Morgan fingerprint density at radius 3 is 2.45 bits per heavy atom. The summed E-state index contributed by atoms with van der Waals surface area (Å²) in [5, 5.41) is 12.4. The Bertz CT molecular complexity index is 1990. The number of fused-ring (bicyclic) bond motifs is 1. The number of amides is 1. The SMILES string of the molecule is Cc1cc(N2CCOCC2C(F)(F)F)cc(F)c1C(=O)NC(Cc1ccc(-c2c(C(F)(F)F)cc(C)n(C)c2=O)c2ncccc12)C(=O)O. The molecule has 2 aromatic heterocycles. The average molecular weight is 695 g/mol. The average Bonchev–Trinajstić information content (AvgIpc) is 3.02. The van der Waals surface area contributed by atoms with Crippen LogP contribution in [-0.2, 0) is 29.2 Å². The fourth-order valence-corrected chi connectivity index (χ4v) is 5.93. The number of carbonyl (C=O) groups is 2. The first-order valence-corrected chi connectivity index (χ1v) is 14.8. The molecule has 49 heavy (non-hydrogen) atoms. The van der Waals surface area contributed by atoms with Crippen LogP contribution in [0.3, 0.4) is 0 Å². The summed E-state index contributed by atoms with van der Waals surface area (Å²) in [5.74, 6) is -3.86. The lowest BCUT2D eigenvalue weighted by Crippen LogP contribution is -2.53. The van der Waals surface area contributed by atoms with Crippen LogP contribution in [0.4, 0.5) is 36.4 Å². The van der Waals surface area contributed by atoms with Crippen LogP contribution in [-0.4, -0.2) is 64.6 Å². The largest absolute Gasteiger partial charge is 0.480 e. The van der Waals surface area contributed by atoms with Crippen molar-refractivity contribution in [3.05, 3.63) is 92.8 Å². The number of aliphatic carboxylic acids is 1. The highest BCUT2D eigenvalue weighted by Crippen LogP contribution is 2.39. The molecule has 2 unspecified atom stereocenters. The number of nitrogens with zero attached hydrogens (tertiary/aromatic N) is 3. The van der Waals surface area contributed by atoms with E-state index < -0.39 is 77.4 Å². The van der Waals surface area contributed by atoms with Crippen molar-refractivity contribution in [1.82, 2.24) is 14.9 Å². The maximum Gasteiger partial charge on any atom is 0.417 e. The Hall–Kier alpha value is -4.99. The van der Waals surface area contributed by atoms with Gasteiger partial charge in [-0.25, -0.2) is 9.18 Å². The maximum atomic E-state index is 15.4. The molecule has 0 bridgehead atoms. The number of anilines is 1. The summed E-state index contributed by atoms with van der Waals surface area (Å²) in [6, 6.07) is 4.54. The third-order valence-corrected chi connectivity index (χ3v) is 8.47. The summed E-state index contributed by atoms with van der Waals surface area (Å²) < 4.78 is 105. The molecular weight excluding hydrogens is 665 g/mol. The van der Waals surface area contributed by atoms with Crippen LogP contribution in [0.5, 0.6) is 0 Å². The number of carbonyl (C=O) groups excluding carboxylic acids is 1. The van der Waals surface area contributed by atoms with Gasteiger partial charge in [-0.05, 0) is 49.2 Å². The summed E-state index contributed by atoms with van der Waals surface area (Å²) in [4.78, 5) is 43.8. The Morgan fingerprint density at radius 1 is 1.10 bits per heavy atom. The van der Waals surface area contributed by atoms with Crippen molar-refractivity contribution in [3.8, 4) is 11.1 Å². The van der Waals surface area contributed by atoms with Crippen molar-refractivity contribution in [2.45, 2.75) is 44.7 Å². The Balaban J connectivity index is 1.48. The number of carboxylic acids is 1. The second kappa shape index (κ2) is 13.1. The number of morpholine rings is 1. The van der Waals surface area contributed by atoms with E-state index in [0.717, 1.165) is 21.6 Å². The van der Waals surface area contributed by atoms with Crippen LogP contribution in [0.1, 0.15) is 32.7 Å². The number of hydrogen-bond acceptors (Lipinski definition) is 6. The number of pyridine rings is 2. The molecule has 0 radical (unpaired) electrons. The second-order valence-electron chi connectivity index (χ2n) is 11.6. The molecule has 0 aliphatic carbocycles. The fraction of sp³-hybridized carbons (Fsp3) is 0.333. The number of aryl methyl sites for hydroxylation is 2. The number of halogens is 7. The topological polar surface area (TPSA) is 114 Å². The van der Waals surface area contributed by atoms with Gasteiger partial charge >= 0.3 is 18.3 Å². The predicted molar refractivity (Wildman–Crippen MR) is 164 cm³/mol. The first-order chi connectivity index (χ1) is 22.9. The molecule has 1 fully saturated rings. The third-order valence-electron chi connectivity index (χ3n) is 8.47. The maximum absolute atomic E-state index is 15.4. The molecule has 1 amide bonds. The van der Waals surface area contributed by atoms with E-state index in [9.17, 15) is 45.8 Å². The molecule has 260 valence electrons. The van der Waals surface area contributed by atoms with E-state index in [1.54, 1.807) is 0 Å². The molecule has 0 saturated carbocycles. The number of alkyl halides is 6. The van der Waals surface area contributed by atoms with Crippen molar-refractivity contribution < 1.29 is 50.2 Å². The summed E-state index contributed by atoms with van der Waals surface area (Å²) in [7, 11) is 1.32. The lowest BCUT2D eigenvalue weighted by atomic mass is 9.93. The zero-order valence-electron chi connectivity index (χ0n) is 26.2. The molecule has 3 heterocycles. The number of hydrogen-bond donors (Lipinski definition) is 2. The molecule has 4 aromatic rings. The number of aromatic nitrogens is 2. The number of ether oxygens (including phenoxy) is 1. The van der Waals surface area contributed by atoms with Crippen LogP contribution < -0.4 is 15.8 Å². The molecule has 9 nitrogen and oxygen atoms in total. The first kappa shape index (κ1) is 35.3. The number of nitrogens with one attached hydrogen (secondary N) is 1. The Labute approximate surface area is 273 Å². The van der Waals surface area contributed by atoms with Gasteiger partial charge in [0.25, 0.3) is 11.5 Å². The van der Waals surface area contributed by atoms with Gasteiger partial charge in [0.2, 0.25) is 0 Å². The minimum absolute atomic E-state index is 0.0281.